The predicted molar refractivity (Wildman–Crippen MR) is 76.8 cm³/mol. The van der Waals surface area contributed by atoms with Gasteiger partial charge >= 0.3 is 0 Å². The summed E-state index contributed by atoms with van der Waals surface area (Å²) in [6.45, 7) is 0. The summed E-state index contributed by atoms with van der Waals surface area (Å²) in [5.41, 5.74) is 1.33. The maximum absolute atomic E-state index is 11.7. The highest BCUT2D eigenvalue weighted by molar-refractivity contribution is 7.98. The first-order valence-corrected chi connectivity index (χ1v) is 7.68. The first kappa shape index (κ1) is 13.6. The first-order chi connectivity index (χ1) is 9.63. The molecule has 0 aliphatic carbocycles. The molecule has 0 saturated carbocycles. The molecule has 1 unspecified atom stereocenters. The number of nitrogens with one attached hydrogen (secondary N) is 3. The molecule has 3 heterocycles. The summed E-state index contributed by atoms with van der Waals surface area (Å²) in [4.78, 5) is 21.2. The van der Waals surface area contributed by atoms with Crippen molar-refractivity contribution in [3.63, 3.8) is 0 Å². The third-order valence-electron chi connectivity index (χ3n) is 3.68. The fourth-order valence-electron chi connectivity index (χ4n) is 2.67. The number of hydrogen-bond donors (Lipinski definition) is 5. The van der Waals surface area contributed by atoms with Gasteiger partial charge in [0, 0.05) is 23.6 Å². The lowest BCUT2D eigenvalue weighted by Crippen LogP contribution is -2.34. The Labute approximate surface area is 118 Å². The lowest BCUT2D eigenvalue weighted by molar-refractivity contribution is 0.0308. The molecule has 5 N–H and O–H groups in total. The first-order valence-electron chi connectivity index (χ1n) is 6.29. The maximum atomic E-state index is 11.7. The van der Waals surface area contributed by atoms with E-state index in [1.54, 1.807) is 18.0 Å². The van der Waals surface area contributed by atoms with Crippen molar-refractivity contribution in [3.8, 4) is 0 Å². The number of nitrogens with zero attached hydrogens (tertiary/aromatic N) is 1. The minimum Gasteiger partial charge on any atom is -0.389 e. The van der Waals surface area contributed by atoms with Crippen LogP contribution in [0.3, 0.4) is 0 Å². The van der Waals surface area contributed by atoms with Crippen molar-refractivity contribution in [2.75, 3.05) is 12.0 Å². The van der Waals surface area contributed by atoms with Crippen LogP contribution in [0.25, 0.3) is 11.0 Å². The van der Waals surface area contributed by atoms with Gasteiger partial charge in [-0.3, -0.25) is 4.79 Å². The van der Waals surface area contributed by atoms with Gasteiger partial charge in [-0.05, 0) is 6.26 Å². The number of aliphatic hydroxyl groups excluding tert-OH is 2. The quantitative estimate of drug-likeness (QED) is 0.514. The van der Waals surface area contributed by atoms with E-state index in [-0.39, 0.29) is 11.6 Å². The molecule has 1 aliphatic rings. The molecule has 7 nitrogen and oxygen atoms in total. The Morgan fingerprint density at radius 1 is 1.35 bits per heavy atom. The number of aromatic amines is 2. The number of rotatable bonds is 3. The molecule has 4 atom stereocenters. The van der Waals surface area contributed by atoms with Crippen LogP contribution in [0, 0.1) is 0 Å². The van der Waals surface area contributed by atoms with Gasteiger partial charge < -0.3 is 25.5 Å². The van der Waals surface area contributed by atoms with Crippen LogP contribution in [0.1, 0.15) is 11.6 Å². The van der Waals surface area contributed by atoms with Crippen LogP contribution in [-0.4, -0.2) is 55.4 Å². The van der Waals surface area contributed by atoms with Crippen LogP contribution in [-0.2, 0) is 0 Å². The number of hydrogen-bond acceptors (Lipinski definition) is 6. The van der Waals surface area contributed by atoms with E-state index in [1.165, 1.54) is 6.33 Å². The molecular weight excluding hydrogens is 280 g/mol. The molecule has 0 bridgehead atoms. The van der Waals surface area contributed by atoms with Crippen LogP contribution >= 0.6 is 11.8 Å². The average molecular weight is 296 g/mol. The highest BCUT2D eigenvalue weighted by Crippen LogP contribution is 2.31. The van der Waals surface area contributed by atoms with E-state index >= 15 is 0 Å². The van der Waals surface area contributed by atoms with E-state index in [1.807, 2.05) is 6.26 Å². The van der Waals surface area contributed by atoms with Crippen LogP contribution in [0.2, 0.25) is 0 Å². The molecule has 1 fully saturated rings. The zero-order chi connectivity index (χ0) is 14.3. The molecule has 20 heavy (non-hydrogen) atoms. The Morgan fingerprint density at radius 3 is 2.90 bits per heavy atom. The SMILES string of the molecule is CSC[C@H]1N[C@@H](c2c[nH]c3c(=O)[nH]cnc23)[C@@H](O)C1O. The maximum Gasteiger partial charge on any atom is 0.275 e. The number of thioether (sulfide) groups is 1. The van der Waals surface area contributed by atoms with Crippen LogP contribution < -0.4 is 10.9 Å². The fourth-order valence-corrected chi connectivity index (χ4v) is 3.32. The number of aliphatic hydroxyl groups is 2. The second-order valence-electron chi connectivity index (χ2n) is 4.89. The highest BCUT2D eigenvalue weighted by atomic mass is 32.2. The Hall–Kier alpha value is -1.35. The highest BCUT2D eigenvalue weighted by Gasteiger charge is 2.42. The van der Waals surface area contributed by atoms with Gasteiger partial charge in [-0.2, -0.15) is 11.8 Å². The summed E-state index contributed by atoms with van der Waals surface area (Å²) < 4.78 is 0. The van der Waals surface area contributed by atoms with Crippen LogP contribution in [0.4, 0.5) is 0 Å². The van der Waals surface area contributed by atoms with E-state index in [0.717, 1.165) is 0 Å². The Kier molecular flexibility index (Phi) is 3.55. The Balaban J connectivity index is 1.99. The second-order valence-corrected chi connectivity index (χ2v) is 5.80. The monoisotopic (exact) mass is 296 g/mol. The van der Waals surface area contributed by atoms with Gasteiger partial charge in [0.1, 0.15) is 17.1 Å². The van der Waals surface area contributed by atoms with Crippen molar-refractivity contribution >= 4 is 22.8 Å². The molecule has 108 valence electrons. The van der Waals surface area contributed by atoms with Gasteiger partial charge in [0.05, 0.1) is 18.5 Å². The Morgan fingerprint density at radius 2 is 2.15 bits per heavy atom. The minimum atomic E-state index is -0.924. The van der Waals surface area contributed by atoms with Crippen molar-refractivity contribution in [2.45, 2.75) is 24.3 Å². The smallest absolute Gasteiger partial charge is 0.275 e. The van der Waals surface area contributed by atoms with Crippen molar-refractivity contribution in [2.24, 2.45) is 0 Å². The molecule has 0 spiro atoms. The summed E-state index contributed by atoms with van der Waals surface area (Å²) >= 11 is 1.60. The second kappa shape index (κ2) is 5.21. The lowest BCUT2D eigenvalue weighted by atomic mass is 10.0. The summed E-state index contributed by atoms with van der Waals surface area (Å²) in [6.07, 6.45) is 3.17. The lowest BCUT2D eigenvalue weighted by Gasteiger charge is -2.14. The number of aromatic nitrogens is 3. The van der Waals surface area contributed by atoms with Gasteiger partial charge in [-0.15, -0.1) is 0 Å². The molecule has 2 aromatic heterocycles. The van der Waals surface area contributed by atoms with Crippen molar-refractivity contribution in [1.82, 2.24) is 20.3 Å². The van der Waals surface area contributed by atoms with E-state index in [9.17, 15) is 15.0 Å². The minimum absolute atomic E-state index is 0.183. The third kappa shape index (κ3) is 2.05. The van der Waals surface area contributed by atoms with Gasteiger partial charge in [0.25, 0.3) is 5.56 Å². The Bertz CT molecular complexity index is 670. The normalized spacial score (nSPS) is 30.1. The van der Waals surface area contributed by atoms with Crippen LogP contribution in [0.5, 0.6) is 0 Å². The molecule has 3 rings (SSSR count). The predicted octanol–water partition coefficient (Wildman–Crippen LogP) is -0.651. The number of fused-ring (bicyclic) bond motifs is 1. The molecular formula is C12H16N4O3S. The molecule has 0 aromatic carbocycles. The van der Waals surface area contributed by atoms with Crippen molar-refractivity contribution < 1.29 is 10.2 Å². The standard InChI is InChI=1S/C12H16N4O3S/c1-20-3-6-10(17)11(18)8(16-6)5-2-13-9-7(5)14-4-15-12(9)19/h2,4,6,8,10-11,13,16-18H,3H2,1H3,(H,14,15,19)/t6-,8+,10?,11-/m1/s1. The third-order valence-corrected chi connectivity index (χ3v) is 4.37. The van der Waals surface area contributed by atoms with Crippen molar-refractivity contribution in [3.05, 3.63) is 28.4 Å². The van der Waals surface area contributed by atoms with Crippen molar-refractivity contribution in [1.29, 1.82) is 0 Å². The largest absolute Gasteiger partial charge is 0.389 e. The zero-order valence-electron chi connectivity index (χ0n) is 10.8. The number of H-pyrrole nitrogens is 2. The summed E-state index contributed by atoms with van der Waals surface area (Å²) in [5, 5.41) is 23.5. The summed E-state index contributed by atoms with van der Waals surface area (Å²) in [6, 6.07) is -0.623. The molecule has 1 saturated heterocycles. The summed E-state index contributed by atoms with van der Waals surface area (Å²) in [5.74, 6) is 0.699. The molecule has 1 aliphatic heterocycles. The topological polar surface area (TPSA) is 114 Å². The summed E-state index contributed by atoms with van der Waals surface area (Å²) in [7, 11) is 0. The zero-order valence-corrected chi connectivity index (χ0v) is 11.6. The molecule has 0 amide bonds. The van der Waals surface area contributed by atoms with E-state index < -0.39 is 18.2 Å². The van der Waals surface area contributed by atoms with E-state index in [2.05, 4.69) is 20.3 Å². The van der Waals surface area contributed by atoms with Gasteiger partial charge in [0.2, 0.25) is 0 Å². The molecule has 0 radical (unpaired) electrons. The van der Waals surface area contributed by atoms with Gasteiger partial charge in [-0.25, -0.2) is 4.98 Å². The van der Waals surface area contributed by atoms with Gasteiger partial charge in [0.15, 0.2) is 0 Å². The molecule has 8 heteroatoms. The van der Waals surface area contributed by atoms with E-state index in [4.69, 9.17) is 0 Å². The van der Waals surface area contributed by atoms with Crippen LogP contribution in [0.15, 0.2) is 17.3 Å². The van der Waals surface area contributed by atoms with Gasteiger partial charge in [-0.1, -0.05) is 0 Å². The average Bonchev–Trinajstić information content (AvgIpc) is 2.97. The van der Waals surface area contributed by atoms with E-state index in [0.29, 0.717) is 22.3 Å². The molecule has 2 aromatic rings. The fraction of sp³-hybridized carbons (Fsp3) is 0.500.